The van der Waals surface area contributed by atoms with Crippen molar-refractivity contribution in [3.63, 3.8) is 0 Å². The molecule has 1 atom stereocenters. The summed E-state index contributed by atoms with van der Waals surface area (Å²) < 4.78 is 28.3. The first-order valence-corrected chi connectivity index (χ1v) is 9.99. The number of nitrogens with zero attached hydrogens (tertiary/aromatic N) is 1. The van der Waals surface area contributed by atoms with E-state index in [-0.39, 0.29) is 10.8 Å². The normalized spacial score (nSPS) is 18.7. The van der Waals surface area contributed by atoms with E-state index in [2.05, 4.69) is 6.92 Å². The molecule has 1 aliphatic heterocycles. The number of sulfone groups is 1. The predicted octanol–water partition coefficient (Wildman–Crippen LogP) is 2.65. The molecule has 6 heteroatoms. The highest BCUT2D eigenvalue weighted by molar-refractivity contribution is 7.90. The molecular formula is C17H25NO4S. The molecule has 0 aromatic heterocycles. The summed E-state index contributed by atoms with van der Waals surface area (Å²) in [7, 11) is -3.18. The number of amides is 1. The van der Waals surface area contributed by atoms with Crippen molar-refractivity contribution in [1.29, 1.82) is 0 Å². The number of rotatable bonds is 6. The van der Waals surface area contributed by atoms with Crippen molar-refractivity contribution in [2.45, 2.75) is 50.0 Å². The van der Waals surface area contributed by atoms with Crippen LogP contribution in [0.3, 0.4) is 0 Å². The van der Waals surface area contributed by atoms with Crippen molar-refractivity contribution < 1.29 is 17.9 Å². The summed E-state index contributed by atoms with van der Waals surface area (Å²) in [6.07, 6.45) is 5.73. The molecule has 0 radical (unpaired) electrons. The van der Waals surface area contributed by atoms with Crippen LogP contribution in [0.25, 0.3) is 0 Å². The van der Waals surface area contributed by atoms with Gasteiger partial charge in [0.25, 0.3) is 0 Å². The molecule has 1 heterocycles. The summed E-state index contributed by atoms with van der Waals surface area (Å²) in [5.74, 6) is 0.824. The summed E-state index contributed by atoms with van der Waals surface area (Å²) in [5, 5.41) is 0. The largest absolute Gasteiger partial charge is 0.494 e. The monoisotopic (exact) mass is 339 g/mol. The average molecular weight is 339 g/mol. The van der Waals surface area contributed by atoms with Gasteiger partial charge in [-0.3, -0.25) is 4.79 Å². The molecule has 0 unspecified atom stereocenters. The topological polar surface area (TPSA) is 63.7 Å². The van der Waals surface area contributed by atoms with Crippen LogP contribution < -0.4 is 4.74 Å². The molecule has 1 amide bonds. The van der Waals surface area contributed by atoms with Crippen molar-refractivity contribution in [3.8, 4) is 5.75 Å². The van der Waals surface area contributed by atoms with Gasteiger partial charge in [-0.15, -0.1) is 0 Å². The summed E-state index contributed by atoms with van der Waals surface area (Å²) in [6.45, 7) is 3.43. The van der Waals surface area contributed by atoms with Gasteiger partial charge in [-0.25, -0.2) is 8.42 Å². The van der Waals surface area contributed by atoms with E-state index in [1.54, 1.807) is 12.1 Å². The Hall–Kier alpha value is -1.56. The van der Waals surface area contributed by atoms with Crippen LogP contribution in [0.4, 0.5) is 0 Å². The Bertz CT molecular complexity index is 624. The highest BCUT2D eigenvalue weighted by Crippen LogP contribution is 2.18. The highest BCUT2D eigenvalue weighted by Gasteiger charge is 2.22. The number of carbonyl (C=O) groups is 1. The van der Waals surface area contributed by atoms with E-state index in [0.717, 1.165) is 19.4 Å². The molecule has 0 bridgehead atoms. The molecule has 5 nitrogen and oxygen atoms in total. The predicted molar refractivity (Wildman–Crippen MR) is 89.3 cm³/mol. The minimum absolute atomic E-state index is 0.202. The van der Waals surface area contributed by atoms with Crippen molar-refractivity contribution in [3.05, 3.63) is 24.3 Å². The van der Waals surface area contributed by atoms with Gasteiger partial charge in [0.2, 0.25) is 5.91 Å². The molecule has 1 aromatic carbocycles. The van der Waals surface area contributed by atoms with Crippen LogP contribution in [-0.4, -0.2) is 44.7 Å². The number of hydrogen-bond acceptors (Lipinski definition) is 4. The van der Waals surface area contributed by atoms with Crippen molar-refractivity contribution in [2.75, 3.05) is 19.4 Å². The fraction of sp³-hybridized carbons (Fsp3) is 0.588. The molecule has 1 saturated heterocycles. The number of carbonyl (C=O) groups excluding carboxylic acids is 1. The van der Waals surface area contributed by atoms with Crippen molar-refractivity contribution in [1.82, 2.24) is 4.90 Å². The number of likely N-dealkylation sites (tertiary alicyclic amines) is 1. The maximum Gasteiger partial charge on any atom is 0.222 e. The van der Waals surface area contributed by atoms with Crippen LogP contribution in [0.1, 0.15) is 39.0 Å². The Morgan fingerprint density at radius 2 is 1.96 bits per heavy atom. The molecule has 0 N–H and O–H groups in total. The van der Waals surface area contributed by atoms with Crippen LogP contribution in [-0.2, 0) is 14.6 Å². The number of hydrogen-bond donors (Lipinski definition) is 0. The van der Waals surface area contributed by atoms with E-state index >= 15 is 0 Å². The van der Waals surface area contributed by atoms with Gasteiger partial charge in [-0.2, -0.15) is 0 Å². The second kappa shape index (κ2) is 7.81. The van der Waals surface area contributed by atoms with Gasteiger partial charge in [-0.1, -0.05) is 0 Å². The standard InChI is InChI=1S/C17H25NO4S/c1-14-6-3-4-12-18(14)17(19)7-5-13-22-15-8-10-16(11-9-15)23(2,20)21/h8-11,14H,3-7,12-13H2,1-2H3/t14-/m1/s1. The number of benzene rings is 1. The smallest absolute Gasteiger partial charge is 0.222 e. The highest BCUT2D eigenvalue weighted by atomic mass is 32.2. The van der Waals surface area contributed by atoms with E-state index in [0.29, 0.717) is 31.2 Å². The minimum Gasteiger partial charge on any atom is -0.494 e. The van der Waals surface area contributed by atoms with E-state index in [4.69, 9.17) is 4.74 Å². The molecule has 1 fully saturated rings. The third-order valence-electron chi connectivity index (χ3n) is 4.18. The number of ether oxygens (including phenoxy) is 1. The van der Waals surface area contributed by atoms with Gasteiger partial charge in [0.1, 0.15) is 5.75 Å². The molecule has 1 aromatic rings. The van der Waals surface area contributed by atoms with E-state index in [1.165, 1.54) is 24.8 Å². The van der Waals surface area contributed by atoms with Crippen LogP contribution in [0.15, 0.2) is 29.2 Å². The Kier molecular flexibility index (Phi) is 6.04. The second-order valence-electron chi connectivity index (χ2n) is 6.13. The fourth-order valence-corrected chi connectivity index (χ4v) is 3.44. The lowest BCUT2D eigenvalue weighted by atomic mass is 10.0. The molecule has 0 aliphatic carbocycles. The third-order valence-corrected chi connectivity index (χ3v) is 5.31. The van der Waals surface area contributed by atoms with Crippen molar-refractivity contribution in [2.24, 2.45) is 0 Å². The van der Waals surface area contributed by atoms with E-state index in [9.17, 15) is 13.2 Å². The molecule has 128 valence electrons. The lowest BCUT2D eigenvalue weighted by Crippen LogP contribution is -2.42. The zero-order valence-corrected chi connectivity index (χ0v) is 14.6. The van der Waals surface area contributed by atoms with Gasteiger partial charge in [0.15, 0.2) is 9.84 Å². The average Bonchev–Trinajstić information content (AvgIpc) is 2.51. The fourth-order valence-electron chi connectivity index (χ4n) is 2.81. The zero-order chi connectivity index (χ0) is 16.9. The van der Waals surface area contributed by atoms with E-state index < -0.39 is 9.84 Å². The van der Waals surface area contributed by atoms with Crippen LogP contribution in [0.5, 0.6) is 5.75 Å². The van der Waals surface area contributed by atoms with Gasteiger partial charge < -0.3 is 9.64 Å². The molecule has 0 spiro atoms. The number of piperidine rings is 1. The summed E-state index contributed by atoms with van der Waals surface area (Å²) in [4.78, 5) is 14.4. The van der Waals surface area contributed by atoms with Crippen LogP contribution in [0, 0.1) is 0 Å². The third kappa shape index (κ3) is 5.23. The second-order valence-corrected chi connectivity index (χ2v) is 8.14. The minimum atomic E-state index is -3.18. The molecule has 23 heavy (non-hydrogen) atoms. The summed E-state index contributed by atoms with van der Waals surface area (Å²) >= 11 is 0. The lowest BCUT2D eigenvalue weighted by Gasteiger charge is -2.33. The first-order valence-electron chi connectivity index (χ1n) is 8.10. The Morgan fingerprint density at radius 1 is 1.26 bits per heavy atom. The van der Waals surface area contributed by atoms with E-state index in [1.807, 2.05) is 4.90 Å². The lowest BCUT2D eigenvalue weighted by molar-refractivity contribution is -0.134. The van der Waals surface area contributed by atoms with Gasteiger partial charge in [-0.05, 0) is 56.9 Å². The maximum absolute atomic E-state index is 12.2. The summed E-state index contributed by atoms with van der Waals surface area (Å²) in [5.41, 5.74) is 0. The quantitative estimate of drug-likeness (QED) is 0.748. The maximum atomic E-state index is 12.2. The van der Waals surface area contributed by atoms with Gasteiger partial charge >= 0.3 is 0 Å². The molecule has 1 aliphatic rings. The van der Waals surface area contributed by atoms with Crippen LogP contribution in [0.2, 0.25) is 0 Å². The van der Waals surface area contributed by atoms with Gasteiger partial charge in [0.05, 0.1) is 11.5 Å². The van der Waals surface area contributed by atoms with Crippen LogP contribution >= 0.6 is 0 Å². The summed E-state index contributed by atoms with van der Waals surface area (Å²) in [6, 6.07) is 6.70. The zero-order valence-electron chi connectivity index (χ0n) is 13.8. The van der Waals surface area contributed by atoms with Crippen molar-refractivity contribution >= 4 is 15.7 Å². The Balaban J connectivity index is 1.74. The Morgan fingerprint density at radius 3 is 2.57 bits per heavy atom. The first kappa shape index (κ1) is 17.8. The first-order chi connectivity index (χ1) is 10.9. The SMILES string of the molecule is C[C@@H]1CCCCN1C(=O)CCCOc1ccc(S(C)(=O)=O)cc1. The molecule has 0 saturated carbocycles. The molecular weight excluding hydrogens is 314 g/mol. The Labute approximate surface area is 138 Å². The molecule has 2 rings (SSSR count). The van der Waals surface area contributed by atoms with Gasteiger partial charge in [0, 0.05) is 25.3 Å².